The molecule has 162 valence electrons. The molecule has 1 aromatic heterocycles. The summed E-state index contributed by atoms with van der Waals surface area (Å²) in [7, 11) is 2.02. The Hall–Kier alpha value is -2.67. The van der Waals surface area contributed by atoms with Crippen LogP contribution < -0.4 is 5.73 Å². The number of aliphatic imine (C=N–C) groups is 2. The highest BCUT2D eigenvalue weighted by Crippen LogP contribution is 2.27. The quantitative estimate of drug-likeness (QED) is 0.641. The van der Waals surface area contributed by atoms with Crippen LogP contribution in [-0.2, 0) is 0 Å². The van der Waals surface area contributed by atoms with E-state index >= 15 is 0 Å². The Bertz CT molecular complexity index is 881. The molecule has 0 bridgehead atoms. The average molecular weight is 411 g/mol. The molecular formula is C23H34N6O. The first kappa shape index (κ1) is 22.0. The summed E-state index contributed by atoms with van der Waals surface area (Å²) in [6, 6.07) is 0.549. The van der Waals surface area contributed by atoms with Crippen molar-refractivity contribution in [2.24, 2.45) is 15.7 Å². The molecule has 1 aromatic rings. The molecule has 2 aliphatic rings. The molecule has 0 aromatic carbocycles. The monoisotopic (exact) mass is 410 g/mol. The third kappa shape index (κ3) is 4.73. The maximum absolute atomic E-state index is 9.47. The second-order valence-electron chi connectivity index (χ2n) is 7.94. The van der Waals surface area contributed by atoms with Crippen LogP contribution in [0.25, 0.3) is 0 Å². The van der Waals surface area contributed by atoms with Crippen LogP contribution in [0.2, 0.25) is 0 Å². The van der Waals surface area contributed by atoms with Crippen LogP contribution in [0.5, 0.6) is 0 Å². The number of hydrogen-bond donors (Lipinski definition) is 2. The number of hydrogen-bond acceptors (Lipinski definition) is 6. The van der Waals surface area contributed by atoms with Crippen LogP contribution in [0, 0.1) is 0 Å². The van der Waals surface area contributed by atoms with Gasteiger partial charge in [0.15, 0.2) is 0 Å². The molecule has 0 saturated heterocycles. The average Bonchev–Trinajstić information content (AvgIpc) is 3.19. The summed E-state index contributed by atoms with van der Waals surface area (Å²) in [5.74, 6) is 0. The summed E-state index contributed by atoms with van der Waals surface area (Å²) < 4.78 is 2.04. The van der Waals surface area contributed by atoms with Gasteiger partial charge in [-0.1, -0.05) is 26.8 Å². The van der Waals surface area contributed by atoms with Crippen LogP contribution in [0.3, 0.4) is 0 Å². The lowest BCUT2D eigenvalue weighted by atomic mass is 9.90. The van der Waals surface area contributed by atoms with Crippen LogP contribution in [0.15, 0.2) is 57.8 Å². The third-order valence-electron chi connectivity index (χ3n) is 5.75. The summed E-state index contributed by atoms with van der Waals surface area (Å²) in [6.45, 7) is 6.49. The molecule has 0 spiro atoms. The summed E-state index contributed by atoms with van der Waals surface area (Å²) in [5.41, 5.74) is 10.4. The Morgan fingerprint density at radius 1 is 1.33 bits per heavy atom. The van der Waals surface area contributed by atoms with E-state index in [1.54, 1.807) is 12.4 Å². The normalized spacial score (nSPS) is 23.9. The highest BCUT2D eigenvalue weighted by atomic mass is 16.3. The first-order valence-electron chi connectivity index (χ1n) is 10.9. The number of likely N-dealkylation sites (N-methyl/N-ethyl adjacent to an activating group) is 1. The topological polar surface area (TPSA) is 92.0 Å². The molecule has 7 nitrogen and oxygen atoms in total. The number of aromatic nitrogens is 2. The third-order valence-corrected chi connectivity index (χ3v) is 5.75. The Balaban J connectivity index is 1.93. The van der Waals surface area contributed by atoms with Gasteiger partial charge in [0.2, 0.25) is 0 Å². The fraction of sp³-hybridized carbons (Fsp3) is 0.522. The van der Waals surface area contributed by atoms with E-state index in [-0.39, 0.29) is 12.1 Å². The van der Waals surface area contributed by atoms with E-state index in [4.69, 9.17) is 10.7 Å². The minimum atomic E-state index is -0.226. The number of rotatable bonds is 8. The molecule has 2 heterocycles. The van der Waals surface area contributed by atoms with Crippen molar-refractivity contribution >= 4 is 11.9 Å². The number of nitrogens with two attached hydrogens (primary N) is 1. The van der Waals surface area contributed by atoms with Crippen molar-refractivity contribution in [2.75, 3.05) is 7.05 Å². The van der Waals surface area contributed by atoms with Gasteiger partial charge in [0, 0.05) is 43.0 Å². The zero-order chi connectivity index (χ0) is 21.7. The van der Waals surface area contributed by atoms with Gasteiger partial charge in [-0.05, 0) is 32.1 Å². The zero-order valence-electron chi connectivity index (χ0n) is 18.5. The Kier molecular flexibility index (Phi) is 7.26. The van der Waals surface area contributed by atoms with Crippen molar-refractivity contribution in [2.45, 2.75) is 71.1 Å². The van der Waals surface area contributed by atoms with Gasteiger partial charge < -0.3 is 15.7 Å². The van der Waals surface area contributed by atoms with Crippen molar-refractivity contribution in [3.8, 4) is 0 Å². The summed E-state index contributed by atoms with van der Waals surface area (Å²) in [5, 5.41) is 14.1. The molecule has 30 heavy (non-hydrogen) atoms. The lowest BCUT2D eigenvalue weighted by molar-refractivity contribution is 0.0780. The molecule has 1 aliphatic carbocycles. The van der Waals surface area contributed by atoms with Crippen LogP contribution in [0.1, 0.15) is 64.5 Å². The van der Waals surface area contributed by atoms with Gasteiger partial charge in [-0.15, -0.1) is 0 Å². The van der Waals surface area contributed by atoms with E-state index in [2.05, 4.69) is 48.0 Å². The SMILES string of the molecule is CC/C=C1/C(c2cnn(C(CC)CC)c2)=NC(C(C=NC2CC(O)C2)=CN)=CN1C. The second-order valence-corrected chi connectivity index (χ2v) is 7.94. The molecule has 0 amide bonds. The largest absolute Gasteiger partial charge is 0.404 e. The van der Waals surface area contributed by atoms with E-state index in [9.17, 15) is 5.11 Å². The minimum Gasteiger partial charge on any atom is -0.404 e. The Morgan fingerprint density at radius 2 is 2.07 bits per heavy atom. The Morgan fingerprint density at radius 3 is 2.67 bits per heavy atom. The van der Waals surface area contributed by atoms with E-state index in [0.29, 0.717) is 18.9 Å². The van der Waals surface area contributed by atoms with E-state index in [0.717, 1.165) is 47.5 Å². The predicted molar refractivity (Wildman–Crippen MR) is 122 cm³/mol. The number of aliphatic hydroxyl groups excluding tert-OH is 1. The van der Waals surface area contributed by atoms with Crippen molar-refractivity contribution in [3.05, 3.63) is 53.4 Å². The summed E-state index contributed by atoms with van der Waals surface area (Å²) >= 11 is 0. The first-order valence-corrected chi connectivity index (χ1v) is 10.9. The molecule has 1 fully saturated rings. The molecule has 1 aliphatic heterocycles. The van der Waals surface area contributed by atoms with E-state index in [1.807, 2.05) is 24.1 Å². The van der Waals surface area contributed by atoms with E-state index < -0.39 is 0 Å². The van der Waals surface area contributed by atoms with Crippen LogP contribution >= 0.6 is 0 Å². The van der Waals surface area contributed by atoms with Crippen LogP contribution in [-0.4, -0.2) is 50.9 Å². The fourth-order valence-corrected chi connectivity index (χ4v) is 3.80. The number of allylic oxidation sites excluding steroid dienone is 3. The van der Waals surface area contributed by atoms with Gasteiger partial charge in [-0.25, -0.2) is 4.99 Å². The first-order chi connectivity index (χ1) is 14.5. The fourth-order valence-electron chi connectivity index (χ4n) is 3.80. The van der Waals surface area contributed by atoms with E-state index in [1.165, 1.54) is 0 Å². The van der Waals surface area contributed by atoms with Gasteiger partial charge in [-0.2, -0.15) is 5.10 Å². The lowest BCUT2D eigenvalue weighted by Crippen LogP contribution is -2.31. The van der Waals surface area contributed by atoms with Crippen molar-refractivity contribution < 1.29 is 5.11 Å². The molecule has 0 unspecified atom stereocenters. The second kappa shape index (κ2) is 9.89. The summed E-state index contributed by atoms with van der Waals surface area (Å²) in [6.07, 6.45) is 15.6. The minimum absolute atomic E-state index is 0.161. The molecule has 3 N–H and O–H groups in total. The highest BCUT2D eigenvalue weighted by Gasteiger charge is 2.26. The van der Waals surface area contributed by atoms with Gasteiger partial charge in [-0.3, -0.25) is 9.67 Å². The number of nitrogens with zero attached hydrogens (tertiary/aromatic N) is 5. The zero-order valence-corrected chi connectivity index (χ0v) is 18.5. The predicted octanol–water partition coefficient (Wildman–Crippen LogP) is 3.55. The molecule has 7 heteroatoms. The smallest absolute Gasteiger partial charge is 0.0974 e. The Labute approximate surface area is 179 Å². The highest BCUT2D eigenvalue weighted by molar-refractivity contribution is 6.13. The van der Waals surface area contributed by atoms with Gasteiger partial charge in [0.25, 0.3) is 0 Å². The van der Waals surface area contributed by atoms with Crippen molar-refractivity contribution in [1.29, 1.82) is 0 Å². The maximum Gasteiger partial charge on any atom is 0.0974 e. The maximum atomic E-state index is 9.47. The van der Waals surface area contributed by atoms with Crippen molar-refractivity contribution in [1.82, 2.24) is 14.7 Å². The van der Waals surface area contributed by atoms with Crippen molar-refractivity contribution in [3.63, 3.8) is 0 Å². The van der Waals surface area contributed by atoms with Crippen LogP contribution in [0.4, 0.5) is 0 Å². The standard InChI is InChI=1S/C23H34N6O/c1-5-8-22-23(17-13-26-29(14-17)19(6-2)7-3)27-21(15-28(22)4)16(11-24)12-25-18-9-20(30)10-18/h8,11-15,18-20,30H,5-7,9-10,24H2,1-4H3/b16-11?,22-8-,25-12?. The molecule has 0 radical (unpaired) electrons. The molecular weight excluding hydrogens is 376 g/mol. The summed E-state index contributed by atoms with van der Waals surface area (Å²) in [4.78, 5) is 11.6. The van der Waals surface area contributed by atoms with Gasteiger partial charge in [0.05, 0.1) is 41.5 Å². The van der Waals surface area contributed by atoms with Gasteiger partial charge in [0.1, 0.15) is 0 Å². The molecule has 1 saturated carbocycles. The molecule has 3 rings (SSSR count). The lowest BCUT2D eigenvalue weighted by Gasteiger charge is -2.28. The number of aliphatic hydroxyl groups is 1. The van der Waals surface area contributed by atoms with Gasteiger partial charge >= 0.3 is 0 Å². The molecule has 0 atom stereocenters.